The lowest BCUT2D eigenvalue weighted by Gasteiger charge is -2.10. The topological polar surface area (TPSA) is 109 Å². The first-order valence-electron chi connectivity index (χ1n) is 6.27. The standard InChI is InChI=1S/C12H19N5O3/c1-8(2)6-14-11(18)7-15-12-9(17(19)20)4-5-10(13-3)16-12/h4-5,8H,6-7H2,1-3H3,(H,14,18)(H2,13,15,16). The van der Waals surface area contributed by atoms with Gasteiger partial charge in [-0.2, -0.15) is 0 Å². The molecule has 0 radical (unpaired) electrons. The van der Waals surface area contributed by atoms with Crippen LogP contribution in [-0.4, -0.2) is 36.0 Å². The van der Waals surface area contributed by atoms with Crippen molar-refractivity contribution in [3.63, 3.8) is 0 Å². The Morgan fingerprint density at radius 1 is 1.45 bits per heavy atom. The number of hydrogen-bond donors (Lipinski definition) is 3. The summed E-state index contributed by atoms with van der Waals surface area (Å²) in [4.78, 5) is 26.0. The van der Waals surface area contributed by atoms with E-state index < -0.39 is 4.92 Å². The summed E-state index contributed by atoms with van der Waals surface area (Å²) >= 11 is 0. The normalized spacial score (nSPS) is 10.2. The van der Waals surface area contributed by atoms with E-state index in [0.717, 1.165) is 0 Å². The van der Waals surface area contributed by atoms with E-state index in [1.54, 1.807) is 7.05 Å². The van der Waals surface area contributed by atoms with E-state index in [4.69, 9.17) is 0 Å². The monoisotopic (exact) mass is 281 g/mol. The highest BCUT2D eigenvalue weighted by Crippen LogP contribution is 2.23. The number of nitrogens with zero attached hydrogens (tertiary/aromatic N) is 2. The molecule has 0 spiro atoms. The van der Waals surface area contributed by atoms with Crippen molar-refractivity contribution < 1.29 is 9.72 Å². The summed E-state index contributed by atoms with van der Waals surface area (Å²) in [5.41, 5.74) is -0.166. The van der Waals surface area contributed by atoms with Crippen molar-refractivity contribution in [1.82, 2.24) is 10.3 Å². The van der Waals surface area contributed by atoms with E-state index in [0.29, 0.717) is 18.3 Å². The average Bonchev–Trinajstić information content (AvgIpc) is 2.42. The van der Waals surface area contributed by atoms with Crippen molar-refractivity contribution in [2.45, 2.75) is 13.8 Å². The van der Waals surface area contributed by atoms with Gasteiger partial charge in [-0.3, -0.25) is 14.9 Å². The smallest absolute Gasteiger partial charge is 0.311 e. The maximum Gasteiger partial charge on any atom is 0.311 e. The molecule has 110 valence electrons. The lowest BCUT2D eigenvalue weighted by Crippen LogP contribution is -2.32. The van der Waals surface area contributed by atoms with Gasteiger partial charge in [-0.25, -0.2) is 4.98 Å². The van der Waals surface area contributed by atoms with Crippen LogP contribution in [0.5, 0.6) is 0 Å². The Labute approximate surface area is 117 Å². The number of pyridine rings is 1. The molecule has 0 aromatic carbocycles. The number of carbonyl (C=O) groups excluding carboxylic acids is 1. The molecule has 0 saturated carbocycles. The van der Waals surface area contributed by atoms with E-state index in [-0.39, 0.29) is 24.0 Å². The quantitative estimate of drug-likeness (QED) is 0.512. The Bertz CT molecular complexity index is 490. The van der Waals surface area contributed by atoms with Crippen molar-refractivity contribution in [1.29, 1.82) is 0 Å². The summed E-state index contributed by atoms with van der Waals surface area (Å²) in [5.74, 6) is 0.672. The third-order valence-electron chi connectivity index (χ3n) is 2.45. The van der Waals surface area contributed by atoms with Crippen molar-refractivity contribution in [3.05, 3.63) is 22.2 Å². The molecule has 0 saturated heterocycles. The second-order valence-corrected chi connectivity index (χ2v) is 4.62. The first-order valence-corrected chi connectivity index (χ1v) is 6.27. The predicted molar refractivity (Wildman–Crippen MR) is 76.8 cm³/mol. The van der Waals surface area contributed by atoms with E-state index in [2.05, 4.69) is 20.9 Å². The van der Waals surface area contributed by atoms with Crippen LogP contribution in [-0.2, 0) is 4.79 Å². The SMILES string of the molecule is CNc1ccc([N+](=O)[O-])c(NCC(=O)NCC(C)C)n1. The molecule has 1 rings (SSSR count). The van der Waals surface area contributed by atoms with Crippen LogP contribution in [0.3, 0.4) is 0 Å². The molecule has 1 aromatic heterocycles. The van der Waals surface area contributed by atoms with Gasteiger partial charge in [-0.1, -0.05) is 13.8 Å². The summed E-state index contributed by atoms with van der Waals surface area (Å²) in [6.45, 7) is 4.47. The molecule has 0 fully saturated rings. The molecule has 0 aliphatic rings. The van der Waals surface area contributed by atoms with Crippen LogP contribution in [0.25, 0.3) is 0 Å². The first-order chi connectivity index (χ1) is 9.43. The van der Waals surface area contributed by atoms with Crippen LogP contribution < -0.4 is 16.0 Å². The highest BCUT2D eigenvalue weighted by Gasteiger charge is 2.16. The molecule has 0 bridgehead atoms. The molecule has 20 heavy (non-hydrogen) atoms. The van der Waals surface area contributed by atoms with Gasteiger partial charge >= 0.3 is 5.69 Å². The van der Waals surface area contributed by atoms with Gasteiger partial charge in [0, 0.05) is 19.7 Å². The summed E-state index contributed by atoms with van der Waals surface area (Å²) in [5, 5.41) is 19.1. The number of hydrogen-bond acceptors (Lipinski definition) is 6. The molecule has 1 aromatic rings. The van der Waals surface area contributed by atoms with Crippen LogP contribution in [0, 0.1) is 16.0 Å². The van der Waals surface area contributed by atoms with Gasteiger partial charge in [0.1, 0.15) is 5.82 Å². The van der Waals surface area contributed by atoms with Crippen LogP contribution in [0.1, 0.15) is 13.8 Å². The van der Waals surface area contributed by atoms with Gasteiger partial charge in [-0.05, 0) is 12.0 Å². The first kappa shape index (κ1) is 15.7. The third kappa shape index (κ3) is 4.71. The Hall–Kier alpha value is -2.38. The number of nitro groups is 1. The number of nitrogens with one attached hydrogen (secondary N) is 3. The minimum Gasteiger partial charge on any atom is -0.373 e. The average molecular weight is 281 g/mol. The van der Waals surface area contributed by atoms with E-state index in [1.807, 2.05) is 13.8 Å². The fourth-order valence-electron chi connectivity index (χ4n) is 1.41. The van der Waals surface area contributed by atoms with E-state index in [1.165, 1.54) is 12.1 Å². The number of rotatable bonds is 7. The number of aromatic nitrogens is 1. The minimum atomic E-state index is -0.541. The molecule has 1 amide bonds. The van der Waals surface area contributed by atoms with Gasteiger partial charge in [0.05, 0.1) is 11.5 Å². The number of amides is 1. The van der Waals surface area contributed by atoms with Gasteiger partial charge in [0.15, 0.2) is 0 Å². The second kappa shape index (κ2) is 7.27. The maximum absolute atomic E-state index is 11.6. The second-order valence-electron chi connectivity index (χ2n) is 4.62. The number of carbonyl (C=O) groups is 1. The Kier molecular flexibility index (Phi) is 5.70. The molecular formula is C12H19N5O3. The zero-order chi connectivity index (χ0) is 15.1. The van der Waals surface area contributed by atoms with Gasteiger partial charge in [0.2, 0.25) is 11.7 Å². The lowest BCUT2D eigenvalue weighted by molar-refractivity contribution is -0.384. The lowest BCUT2D eigenvalue weighted by atomic mass is 10.2. The fourth-order valence-corrected chi connectivity index (χ4v) is 1.41. The molecule has 0 aliphatic carbocycles. The van der Waals surface area contributed by atoms with Crippen LogP contribution >= 0.6 is 0 Å². The molecule has 0 aliphatic heterocycles. The van der Waals surface area contributed by atoms with Gasteiger partial charge in [-0.15, -0.1) is 0 Å². The van der Waals surface area contributed by atoms with Crippen LogP contribution in [0.2, 0.25) is 0 Å². The maximum atomic E-state index is 11.6. The largest absolute Gasteiger partial charge is 0.373 e. The third-order valence-corrected chi connectivity index (χ3v) is 2.45. The molecule has 8 heteroatoms. The molecule has 1 heterocycles. The molecule has 3 N–H and O–H groups in total. The molecular weight excluding hydrogens is 262 g/mol. The van der Waals surface area contributed by atoms with Gasteiger partial charge in [0.25, 0.3) is 0 Å². The van der Waals surface area contributed by atoms with E-state index in [9.17, 15) is 14.9 Å². The highest BCUT2D eigenvalue weighted by molar-refractivity contribution is 5.81. The van der Waals surface area contributed by atoms with Crippen molar-refractivity contribution in [2.75, 3.05) is 30.8 Å². The zero-order valence-electron chi connectivity index (χ0n) is 11.8. The minimum absolute atomic E-state index is 0.0618. The summed E-state index contributed by atoms with van der Waals surface area (Å²) in [7, 11) is 1.66. The predicted octanol–water partition coefficient (Wildman–Crippen LogP) is 1.22. The zero-order valence-corrected chi connectivity index (χ0v) is 11.8. The van der Waals surface area contributed by atoms with Crippen molar-refractivity contribution in [3.8, 4) is 0 Å². The van der Waals surface area contributed by atoms with Crippen LogP contribution in [0.15, 0.2) is 12.1 Å². The van der Waals surface area contributed by atoms with Gasteiger partial charge < -0.3 is 16.0 Å². The highest BCUT2D eigenvalue weighted by atomic mass is 16.6. The molecule has 0 unspecified atom stereocenters. The summed E-state index contributed by atoms with van der Waals surface area (Å²) in [6.07, 6.45) is 0. The number of anilines is 2. The Balaban J connectivity index is 2.70. The Morgan fingerprint density at radius 3 is 2.70 bits per heavy atom. The molecule has 0 atom stereocenters. The van der Waals surface area contributed by atoms with E-state index >= 15 is 0 Å². The van der Waals surface area contributed by atoms with Crippen molar-refractivity contribution in [2.24, 2.45) is 5.92 Å². The van der Waals surface area contributed by atoms with Crippen molar-refractivity contribution >= 4 is 23.2 Å². The summed E-state index contributed by atoms with van der Waals surface area (Å²) in [6, 6.07) is 2.84. The summed E-state index contributed by atoms with van der Waals surface area (Å²) < 4.78 is 0. The Morgan fingerprint density at radius 2 is 2.15 bits per heavy atom. The molecule has 8 nitrogen and oxygen atoms in total. The fraction of sp³-hybridized carbons (Fsp3) is 0.500. The van der Waals surface area contributed by atoms with Crippen LogP contribution in [0.4, 0.5) is 17.3 Å².